The highest BCUT2D eigenvalue weighted by Gasteiger charge is 2.38. The maximum Gasteiger partial charge on any atom is 0.471 e. The van der Waals surface area contributed by atoms with E-state index < -0.39 is 12.1 Å². The highest BCUT2D eigenvalue weighted by molar-refractivity contribution is 5.96. The van der Waals surface area contributed by atoms with Crippen molar-refractivity contribution in [3.63, 3.8) is 0 Å². The van der Waals surface area contributed by atoms with Crippen molar-refractivity contribution in [1.82, 2.24) is 0 Å². The molecular formula is C10H7F3N2O. The summed E-state index contributed by atoms with van der Waals surface area (Å²) in [7, 11) is 0. The Hall–Kier alpha value is -2.03. The Kier molecular flexibility index (Phi) is 3.18. The zero-order valence-corrected chi connectivity index (χ0v) is 8.22. The molecule has 0 unspecified atom stereocenters. The van der Waals surface area contributed by atoms with Gasteiger partial charge in [0.05, 0.1) is 11.3 Å². The summed E-state index contributed by atoms with van der Waals surface area (Å²) in [5, 5.41) is 10.3. The molecule has 1 aromatic carbocycles. The van der Waals surface area contributed by atoms with Crippen molar-refractivity contribution in [3.8, 4) is 6.07 Å². The molecule has 0 radical (unpaired) electrons. The molecule has 0 aliphatic rings. The molecule has 0 aliphatic carbocycles. The number of halogens is 3. The fourth-order valence-electron chi connectivity index (χ4n) is 1.05. The highest BCUT2D eigenvalue weighted by Crippen LogP contribution is 2.21. The normalized spacial score (nSPS) is 10.7. The lowest BCUT2D eigenvalue weighted by Crippen LogP contribution is -2.30. The molecular weight excluding hydrogens is 221 g/mol. The first-order chi connectivity index (χ1) is 7.34. The van der Waals surface area contributed by atoms with Crippen LogP contribution in [0.5, 0.6) is 0 Å². The van der Waals surface area contributed by atoms with Gasteiger partial charge in [-0.15, -0.1) is 0 Å². The molecule has 0 heterocycles. The summed E-state index contributed by atoms with van der Waals surface area (Å²) in [6, 6.07) is 5.87. The lowest BCUT2D eigenvalue weighted by Gasteiger charge is -2.09. The van der Waals surface area contributed by atoms with Crippen LogP contribution >= 0.6 is 0 Å². The topological polar surface area (TPSA) is 52.9 Å². The number of nitrogens with one attached hydrogen (secondary N) is 1. The Balaban J connectivity index is 2.99. The van der Waals surface area contributed by atoms with Gasteiger partial charge in [-0.2, -0.15) is 18.4 Å². The van der Waals surface area contributed by atoms with E-state index in [2.05, 4.69) is 0 Å². The fraction of sp³-hybridized carbons (Fsp3) is 0.200. The molecule has 6 heteroatoms. The van der Waals surface area contributed by atoms with Gasteiger partial charge in [0, 0.05) is 0 Å². The summed E-state index contributed by atoms with van der Waals surface area (Å²) >= 11 is 0. The number of hydrogen-bond donors (Lipinski definition) is 1. The van der Waals surface area contributed by atoms with Crippen LogP contribution in [0.1, 0.15) is 11.1 Å². The Labute approximate surface area is 89.5 Å². The fourth-order valence-corrected chi connectivity index (χ4v) is 1.05. The van der Waals surface area contributed by atoms with Gasteiger partial charge < -0.3 is 5.32 Å². The van der Waals surface area contributed by atoms with Crippen LogP contribution in [0.4, 0.5) is 18.9 Å². The molecule has 1 rings (SSSR count). The summed E-state index contributed by atoms with van der Waals surface area (Å²) in [5.41, 5.74) is 0.578. The minimum absolute atomic E-state index is 0.00222. The van der Waals surface area contributed by atoms with Crippen LogP contribution in [0.2, 0.25) is 0 Å². The molecule has 1 aromatic rings. The maximum absolute atomic E-state index is 12.0. The van der Waals surface area contributed by atoms with E-state index in [0.717, 1.165) is 5.56 Å². The van der Waals surface area contributed by atoms with Gasteiger partial charge in [-0.3, -0.25) is 4.79 Å². The van der Waals surface area contributed by atoms with Crippen molar-refractivity contribution >= 4 is 11.6 Å². The summed E-state index contributed by atoms with van der Waals surface area (Å²) in [4.78, 5) is 10.6. The number of amides is 1. The minimum atomic E-state index is -4.96. The second kappa shape index (κ2) is 4.23. The number of carbonyl (C=O) groups excluding carboxylic acids is 1. The van der Waals surface area contributed by atoms with Crippen molar-refractivity contribution in [1.29, 1.82) is 5.26 Å². The number of hydrogen-bond acceptors (Lipinski definition) is 2. The molecule has 0 bridgehead atoms. The predicted molar refractivity (Wildman–Crippen MR) is 50.6 cm³/mol. The van der Waals surface area contributed by atoms with Crippen LogP contribution < -0.4 is 5.32 Å². The van der Waals surface area contributed by atoms with Gasteiger partial charge in [-0.1, -0.05) is 6.07 Å². The van der Waals surface area contributed by atoms with E-state index in [1.165, 1.54) is 18.2 Å². The average Bonchev–Trinajstić information content (AvgIpc) is 2.19. The predicted octanol–water partition coefficient (Wildman–Crippen LogP) is 2.37. The third kappa shape index (κ3) is 2.73. The van der Waals surface area contributed by atoms with Gasteiger partial charge in [-0.25, -0.2) is 0 Å². The summed E-state index contributed by atoms with van der Waals surface area (Å²) < 4.78 is 35.9. The van der Waals surface area contributed by atoms with Gasteiger partial charge >= 0.3 is 12.1 Å². The molecule has 0 aliphatic heterocycles. The van der Waals surface area contributed by atoms with Crippen LogP contribution in [0.15, 0.2) is 18.2 Å². The van der Waals surface area contributed by atoms with Crippen LogP contribution in [0.3, 0.4) is 0 Å². The largest absolute Gasteiger partial charge is 0.471 e. The van der Waals surface area contributed by atoms with Gasteiger partial charge in [0.1, 0.15) is 6.07 Å². The first kappa shape index (κ1) is 12.0. The lowest BCUT2D eigenvalue weighted by atomic mass is 10.1. The summed E-state index contributed by atoms with van der Waals surface area (Å²) in [6.45, 7) is 1.69. The number of carbonyl (C=O) groups is 1. The molecule has 1 N–H and O–H groups in total. The average molecular weight is 228 g/mol. The smallest absolute Gasteiger partial charge is 0.317 e. The monoisotopic (exact) mass is 228 g/mol. The van der Waals surface area contributed by atoms with Crippen LogP contribution in [-0.2, 0) is 4.79 Å². The van der Waals surface area contributed by atoms with Gasteiger partial charge in [0.2, 0.25) is 0 Å². The molecule has 3 nitrogen and oxygen atoms in total. The lowest BCUT2D eigenvalue weighted by molar-refractivity contribution is -0.167. The van der Waals surface area contributed by atoms with E-state index in [-0.39, 0.29) is 11.3 Å². The van der Waals surface area contributed by atoms with Crippen molar-refractivity contribution in [2.75, 3.05) is 5.32 Å². The van der Waals surface area contributed by atoms with E-state index in [9.17, 15) is 18.0 Å². The second-order valence-corrected chi connectivity index (χ2v) is 3.11. The highest BCUT2D eigenvalue weighted by atomic mass is 19.4. The van der Waals surface area contributed by atoms with Crippen LogP contribution in [0, 0.1) is 18.3 Å². The van der Waals surface area contributed by atoms with Crippen LogP contribution in [0.25, 0.3) is 0 Å². The van der Waals surface area contributed by atoms with Crippen molar-refractivity contribution in [2.45, 2.75) is 13.1 Å². The standard InChI is InChI=1S/C10H7F3N2O/c1-6-2-3-8(7(4-6)5-14)15-9(16)10(11,12)13/h2-4H,1H3,(H,15,16). The summed E-state index contributed by atoms with van der Waals surface area (Å²) in [5.74, 6) is -2.09. The zero-order valence-electron chi connectivity index (χ0n) is 8.22. The van der Waals surface area contributed by atoms with Gasteiger partial charge in [-0.05, 0) is 24.6 Å². The second-order valence-electron chi connectivity index (χ2n) is 3.11. The molecule has 1 amide bonds. The third-order valence-corrected chi connectivity index (χ3v) is 1.80. The molecule has 0 spiro atoms. The number of anilines is 1. The van der Waals surface area contributed by atoms with Crippen molar-refractivity contribution in [3.05, 3.63) is 29.3 Å². The minimum Gasteiger partial charge on any atom is -0.317 e. The third-order valence-electron chi connectivity index (χ3n) is 1.80. The molecule has 84 valence electrons. The van der Waals surface area contributed by atoms with E-state index in [0.29, 0.717) is 0 Å². The Bertz CT molecular complexity index is 460. The van der Waals surface area contributed by atoms with Crippen molar-refractivity contribution in [2.24, 2.45) is 0 Å². The Morgan fingerprint density at radius 2 is 2.06 bits per heavy atom. The van der Waals surface area contributed by atoms with E-state index in [1.807, 2.05) is 0 Å². The zero-order chi connectivity index (χ0) is 12.3. The number of nitriles is 1. The SMILES string of the molecule is Cc1ccc(NC(=O)C(F)(F)F)c(C#N)c1. The molecule has 0 aromatic heterocycles. The first-order valence-corrected chi connectivity index (χ1v) is 4.23. The first-order valence-electron chi connectivity index (χ1n) is 4.23. The summed E-state index contributed by atoms with van der Waals surface area (Å²) in [6.07, 6.45) is -4.96. The number of benzene rings is 1. The molecule has 16 heavy (non-hydrogen) atoms. The molecule has 0 saturated carbocycles. The molecule has 0 atom stereocenters. The molecule has 0 fully saturated rings. The quantitative estimate of drug-likeness (QED) is 0.802. The van der Waals surface area contributed by atoms with Gasteiger partial charge in [0.25, 0.3) is 0 Å². The number of aryl methyl sites for hydroxylation is 1. The van der Waals surface area contributed by atoms with E-state index in [4.69, 9.17) is 5.26 Å². The number of alkyl halides is 3. The van der Waals surface area contributed by atoms with Crippen molar-refractivity contribution < 1.29 is 18.0 Å². The molecule has 0 saturated heterocycles. The van der Waals surface area contributed by atoms with Gasteiger partial charge in [0.15, 0.2) is 0 Å². The number of nitrogens with zero attached hydrogens (tertiary/aromatic N) is 1. The van der Waals surface area contributed by atoms with E-state index in [1.54, 1.807) is 18.3 Å². The maximum atomic E-state index is 12.0. The Morgan fingerprint density at radius 1 is 1.44 bits per heavy atom. The van der Waals surface area contributed by atoms with E-state index >= 15 is 0 Å². The number of rotatable bonds is 1. The van der Waals surface area contributed by atoms with Crippen LogP contribution in [-0.4, -0.2) is 12.1 Å². The Morgan fingerprint density at radius 3 is 2.56 bits per heavy atom.